The van der Waals surface area contributed by atoms with Gasteiger partial charge >= 0.3 is 5.97 Å². The summed E-state index contributed by atoms with van der Waals surface area (Å²) in [5.41, 5.74) is 0. The Morgan fingerprint density at radius 3 is 2.55 bits per heavy atom. The zero-order chi connectivity index (χ0) is 8.43. The minimum absolute atomic E-state index is 0.00574. The molecule has 0 aromatic heterocycles. The van der Waals surface area contributed by atoms with Gasteiger partial charge in [0.2, 0.25) is 0 Å². The summed E-state index contributed by atoms with van der Waals surface area (Å²) in [5.74, 6) is 1.24. The predicted octanol–water partition coefficient (Wildman–Crippen LogP) is 1.84. The first-order valence-corrected chi connectivity index (χ1v) is 4.28. The van der Waals surface area contributed by atoms with E-state index in [4.69, 9.17) is 4.74 Å². The van der Waals surface area contributed by atoms with Crippen molar-refractivity contribution in [2.24, 2.45) is 17.8 Å². The number of hydrogen-bond acceptors (Lipinski definition) is 2. The van der Waals surface area contributed by atoms with E-state index >= 15 is 0 Å². The minimum atomic E-state index is 0.00574. The van der Waals surface area contributed by atoms with Crippen molar-refractivity contribution >= 4 is 5.97 Å². The first-order valence-electron chi connectivity index (χ1n) is 4.28. The van der Waals surface area contributed by atoms with E-state index < -0.39 is 0 Å². The van der Waals surface area contributed by atoms with Crippen LogP contribution in [0.15, 0.2) is 0 Å². The molecule has 0 bridgehead atoms. The van der Waals surface area contributed by atoms with Crippen LogP contribution < -0.4 is 0 Å². The van der Waals surface area contributed by atoms with Gasteiger partial charge in [-0.2, -0.15) is 0 Å². The van der Waals surface area contributed by atoms with Crippen LogP contribution in [-0.2, 0) is 9.53 Å². The van der Waals surface area contributed by atoms with Crippen molar-refractivity contribution in [2.75, 3.05) is 6.61 Å². The molecule has 0 amide bonds. The fourth-order valence-corrected chi connectivity index (χ4v) is 1.01. The maximum atomic E-state index is 11.1. The van der Waals surface area contributed by atoms with E-state index in [9.17, 15) is 4.79 Å². The lowest BCUT2D eigenvalue weighted by molar-refractivity contribution is -0.146. The standard InChI is InChI=1S/C9H16O2/c1-6(2)5-11-9(10)8-4-7(8)3/h6-8H,4-5H2,1-3H3/t7-,8+/m0/s1. The molecule has 1 saturated carbocycles. The second-order valence-corrected chi connectivity index (χ2v) is 3.84. The Morgan fingerprint density at radius 2 is 2.18 bits per heavy atom. The molecule has 0 saturated heterocycles. The van der Waals surface area contributed by atoms with Gasteiger partial charge in [-0.05, 0) is 18.3 Å². The molecule has 0 aromatic rings. The molecule has 2 atom stereocenters. The molecule has 1 fully saturated rings. The van der Waals surface area contributed by atoms with E-state index in [0.29, 0.717) is 18.4 Å². The van der Waals surface area contributed by atoms with E-state index in [1.807, 2.05) is 13.8 Å². The van der Waals surface area contributed by atoms with E-state index in [0.717, 1.165) is 6.42 Å². The van der Waals surface area contributed by atoms with Crippen LogP contribution in [0.1, 0.15) is 27.2 Å². The lowest BCUT2D eigenvalue weighted by Crippen LogP contribution is -2.11. The van der Waals surface area contributed by atoms with Gasteiger partial charge in [0.15, 0.2) is 0 Å². The zero-order valence-electron chi connectivity index (χ0n) is 7.46. The number of carbonyl (C=O) groups is 1. The van der Waals surface area contributed by atoms with Crippen LogP contribution in [0, 0.1) is 17.8 Å². The lowest BCUT2D eigenvalue weighted by atomic mass is 10.2. The molecule has 0 radical (unpaired) electrons. The van der Waals surface area contributed by atoms with Crippen molar-refractivity contribution in [3.05, 3.63) is 0 Å². The normalized spacial score (nSPS) is 28.7. The largest absolute Gasteiger partial charge is 0.465 e. The summed E-state index contributed by atoms with van der Waals surface area (Å²) in [5, 5.41) is 0. The van der Waals surface area contributed by atoms with Crippen molar-refractivity contribution in [3.63, 3.8) is 0 Å². The minimum Gasteiger partial charge on any atom is -0.465 e. The van der Waals surface area contributed by atoms with Gasteiger partial charge in [-0.3, -0.25) is 4.79 Å². The lowest BCUT2D eigenvalue weighted by Gasteiger charge is -2.05. The third-order valence-electron chi connectivity index (χ3n) is 1.97. The Hall–Kier alpha value is -0.530. The fraction of sp³-hybridized carbons (Fsp3) is 0.889. The van der Waals surface area contributed by atoms with Crippen LogP contribution in [0.25, 0.3) is 0 Å². The zero-order valence-corrected chi connectivity index (χ0v) is 7.46. The highest BCUT2D eigenvalue weighted by Crippen LogP contribution is 2.38. The highest BCUT2D eigenvalue weighted by molar-refractivity contribution is 5.75. The maximum Gasteiger partial charge on any atom is 0.309 e. The summed E-state index contributed by atoms with van der Waals surface area (Å²) in [7, 11) is 0. The summed E-state index contributed by atoms with van der Waals surface area (Å²) in [6.07, 6.45) is 1.02. The smallest absolute Gasteiger partial charge is 0.309 e. The molecule has 1 aliphatic carbocycles. The average molecular weight is 156 g/mol. The van der Waals surface area contributed by atoms with Gasteiger partial charge in [0.05, 0.1) is 12.5 Å². The van der Waals surface area contributed by atoms with E-state index in [1.54, 1.807) is 0 Å². The number of esters is 1. The summed E-state index contributed by atoms with van der Waals surface area (Å²) >= 11 is 0. The Bertz CT molecular complexity index is 152. The van der Waals surface area contributed by atoms with Gasteiger partial charge in [0, 0.05) is 0 Å². The first-order chi connectivity index (χ1) is 5.11. The molecule has 0 spiro atoms. The molecule has 2 heteroatoms. The summed E-state index contributed by atoms with van der Waals surface area (Å²) in [6, 6.07) is 0. The van der Waals surface area contributed by atoms with E-state index in [-0.39, 0.29) is 11.9 Å². The number of ether oxygens (including phenoxy) is 1. The second kappa shape index (κ2) is 3.24. The van der Waals surface area contributed by atoms with Crippen LogP contribution in [0.2, 0.25) is 0 Å². The van der Waals surface area contributed by atoms with Crippen LogP contribution >= 0.6 is 0 Å². The van der Waals surface area contributed by atoms with Crippen molar-refractivity contribution < 1.29 is 9.53 Å². The number of hydrogen-bond donors (Lipinski definition) is 0. The van der Waals surface area contributed by atoms with Crippen molar-refractivity contribution in [1.29, 1.82) is 0 Å². The van der Waals surface area contributed by atoms with E-state index in [2.05, 4.69) is 6.92 Å². The highest BCUT2D eigenvalue weighted by Gasteiger charge is 2.40. The molecule has 11 heavy (non-hydrogen) atoms. The summed E-state index contributed by atoms with van der Waals surface area (Å²) in [4.78, 5) is 11.1. The molecule has 0 aromatic carbocycles. The maximum absolute atomic E-state index is 11.1. The van der Waals surface area contributed by atoms with Gasteiger partial charge in [0.25, 0.3) is 0 Å². The van der Waals surface area contributed by atoms with Gasteiger partial charge in [-0.25, -0.2) is 0 Å². The van der Waals surface area contributed by atoms with Gasteiger partial charge in [0.1, 0.15) is 0 Å². The monoisotopic (exact) mass is 156 g/mol. The van der Waals surface area contributed by atoms with Crippen LogP contribution in [0.3, 0.4) is 0 Å². The third kappa shape index (κ3) is 2.52. The average Bonchev–Trinajstić information content (AvgIpc) is 2.61. The Morgan fingerprint density at radius 1 is 1.64 bits per heavy atom. The second-order valence-electron chi connectivity index (χ2n) is 3.84. The Balaban J connectivity index is 2.12. The number of rotatable bonds is 3. The molecular formula is C9H16O2. The first kappa shape index (κ1) is 8.57. The van der Waals surface area contributed by atoms with Gasteiger partial charge < -0.3 is 4.74 Å². The third-order valence-corrected chi connectivity index (χ3v) is 1.97. The van der Waals surface area contributed by atoms with Crippen LogP contribution in [0.4, 0.5) is 0 Å². The molecule has 0 aliphatic heterocycles. The number of carbonyl (C=O) groups excluding carboxylic acids is 1. The summed E-state index contributed by atoms with van der Waals surface area (Å²) in [6.45, 7) is 6.75. The van der Waals surface area contributed by atoms with Gasteiger partial charge in [-0.15, -0.1) is 0 Å². The molecule has 64 valence electrons. The molecular weight excluding hydrogens is 140 g/mol. The SMILES string of the molecule is CC(C)COC(=O)[C@@H]1C[C@@H]1C. The molecule has 1 aliphatic rings. The van der Waals surface area contributed by atoms with Gasteiger partial charge in [-0.1, -0.05) is 20.8 Å². The summed E-state index contributed by atoms with van der Waals surface area (Å²) < 4.78 is 5.06. The van der Waals surface area contributed by atoms with Crippen LogP contribution in [0.5, 0.6) is 0 Å². The molecule has 2 nitrogen and oxygen atoms in total. The van der Waals surface area contributed by atoms with E-state index in [1.165, 1.54) is 0 Å². The van der Waals surface area contributed by atoms with Crippen molar-refractivity contribution in [2.45, 2.75) is 27.2 Å². The van der Waals surface area contributed by atoms with Crippen molar-refractivity contribution in [1.82, 2.24) is 0 Å². The van der Waals surface area contributed by atoms with Crippen LogP contribution in [-0.4, -0.2) is 12.6 Å². The Labute approximate surface area is 67.9 Å². The fourth-order valence-electron chi connectivity index (χ4n) is 1.01. The molecule has 0 heterocycles. The molecule has 0 N–H and O–H groups in total. The highest BCUT2D eigenvalue weighted by atomic mass is 16.5. The quantitative estimate of drug-likeness (QED) is 0.583. The Kier molecular flexibility index (Phi) is 2.53. The molecule has 0 unspecified atom stereocenters. The topological polar surface area (TPSA) is 26.3 Å². The molecule has 1 rings (SSSR count). The predicted molar refractivity (Wildman–Crippen MR) is 43.1 cm³/mol. The van der Waals surface area contributed by atoms with Crippen molar-refractivity contribution in [3.8, 4) is 0 Å².